The van der Waals surface area contributed by atoms with Crippen LogP contribution in [0.1, 0.15) is 24.2 Å². The molecule has 1 aromatic heterocycles. The normalized spacial score (nSPS) is 13.0. The number of nitrogens with zero attached hydrogens (tertiary/aromatic N) is 1. The van der Waals surface area contributed by atoms with Gasteiger partial charge in [-0.2, -0.15) is 0 Å². The third kappa shape index (κ3) is 3.60. The van der Waals surface area contributed by atoms with E-state index in [0.717, 1.165) is 6.07 Å². The fourth-order valence-electron chi connectivity index (χ4n) is 1.93. The van der Waals surface area contributed by atoms with Gasteiger partial charge in [0.15, 0.2) is 17.3 Å². The van der Waals surface area contributed by atoms with Crippen molar-refractivity contribution in [1.29, 1.82) is 0 Å². The van der Waals surface area contributed by atoms with Crippen molar-refractivity contribution in [3.05, 3.63) is 57.6 Å². The van der Waals surface area contributed by atoms with Crippen LogP contribution in [-0.4, -0.2) is 15.2 Å². The molecule has 0 spiro atoms. The van der Waals surface area contributed by atoms with Crippen LogP contribution >= 0.6 is 23.2 Å². The quantitative estimate of drug-likeness (QED) is 0.546. The van der Waals surface area contributed by atoms with E-state index in [0.29, 0.717) is 6.26 Å². The van der Waals surface area contributed by atoms with Gasteiger partial charge in [-0.25, -0.2) is 9.37 Å². The summed E-state index contributed by atoms with van der Waals surface area (Å²) in [4.78, 5) is 3.86. The van der Waals surface area contributed by atoms with E-state index in [1.807, 2.05) is 0 Å². The molecule has 0 amide bonds. The number of hydrogen-bond acceptors (Lipinski definition) is 5. The van der Waals surface area contributed by atoms with Crippen LogP contribution in [0.4, 0.5) is 10.2 Å². The first-order valence-corrected chi connectivity index (χ1v) is 7.20. The fraction of sp³-hybridized carbons (Fsp3) is 0.133. The highest BCUT2D eigenvalue weighted by Gasteiger charge is 2.20. The predicted molar refractivity (Wildman–Crippen MR) is 87.3 cm³/mol. The van der Waals surface area contributed by atoms with Crippen molar-refractivity contribution >= 4 is 34.8 Å². The average Bonchev–Trinajstić information content (AvgIpc) is 2.52. The Morgan fingerprint density at radius 1 is 1.43 bits per heavy atom. The van der Waals surface area contributed by atoms with Crippen molar-refractivity contribution in [3.63, 3.8) is 0 Å². The monoisotopic (exact) mass is 358 g/mol. The smallest absolute Gasteiger partial charge is 0.166 e. The average molecular weight is 359 g/mol. The summed E-state index contributed by atoms with van der Waals surface area (Å²) >= 11 is 12.0. The summed E-state index contributed by atoms with van der Waals surface area (Å²) in [7, 11) is 0. The van der Waals surface area contributed by atoms with Gasteiger partial charge in [0.25, 0.3) is 0 Å². The first-order valence-electron chi connectivity index (χ1n) is 6.44. The largest absolute Gasteiger partial charge is 0.512 e. The SMILES string of the molecule is C[C@H](Oc1cc(C(O)=CO)cnc1N)c1c(Cl)ccc(F)c1Cl. The number of rotatable bonds is 4. The van der Waals surface area contributed by atoms with E-state index in [1.165, 1.54) is 18.3 Å². The van der Waals surface area contributed by atoms with E-state index in [4.69, 9.17) is 38.8 Å². The number of aromatic nitrogens is 1. The molecule has 0 saturated heterocycles. The van der Waals surface area contributed by atoms with Crippen molar-refractivity contribution in [2.45, 2.75) is 13.0 Å². The predicted octanol–water partition coefficient (Wildman–Crippen LogP) is 4.66. The number of hydrogen-bond donors (Lipinski definition) is 3. The highest BCUT2D eigenvalue weighted by atomic mass is 35.5. The van der Waals surface area contributed by atoms with E-state index in [-0.39, 0.29) is 32.7 Å². The van der Waals surface area contributed by atoms with E-state index in [1.54, 1.807) is 6.92 Å². The molecular weight excluding hydrogens is 346 g/mol. The van der Waals surface area contributed by atoms with Crippen molar-refractivity contribution in [3.8, 4) is 5.75 Å². The van der Waals surface area contributed by atoms with Gasteiger partial charge in [-0.15, -0.1) is 0 Å². The van der Waals surface area contributed by atoms with E-state index >= 15 is 0 Å². The van der Waals surface area contributed by atoms with Crippen LogP contribution in [-0.2, 0) is 0 Å². The molecule has 2 aromatic rings. The minimum atomic E-state index is -0.731. The summed E-state index contributed by atoms with van der Waals surface area (Å²) in [6.45, 7) is 1.61. The summed E-state index contributed by atoms with van der Waals surface area (Å²) in [6, 6.07) is 3.90. The minimum absolute atomic E-state index is 0.0509. The van der Waals surface area contributed by atoms with Gasteiger partial charge in [0.1, 0.15) is 18.2 Å². The number of nitrogens with two attached hydrogens (primary N) is 1. The molecule has 5 nitrogen and oxygen atoms in total. The van der Waals surface area contributed by atoms with Crippen LogP contribution in [0.25, 0.3) is 5.76 Å². The third-order valence-corrected chi connectivity index (χ3v) is 3.80. The molecular formula is C15H13Cl2FN2O3. The Morgan fingerprint density at radius 2 is 2.13 bits per heavy atom. The first-order chi connectivity index (χ1) is 10.8. The van der Waals surface area contributed by atoms with Crippen molar-refractivity contribution < 1.29 is 19.3 Å². The Hall–Kier alpha value is -2.18. The number of ether oxygens (including phenoxy) is 1. The van der Waals surface area contributed by atoms with Gasteiger partial charge in [-0.1, -0.05) is 23.2 Å². The van der Waals surface area contributed by atoms with Crippen LogP contribution < -0.4 is 10.5 Å². The number of aliphatic hydroxyl groups excluding tert-OH is 2. The molecule has 1 atom stereocenters. The Kier molecular flexibility index (Phi) is 5.18. The lowest BCUT2D eigenvalue weighted by molar-refractivity contribution is 0.227. The van der Waals surface area contributed by atoms with Crippen LogP contribution in [0.2, 0.25) is 10.0 Å². The molecule has 4 N–H and O–H groups in total. The zero-order valence-electron chi connectivity index (χ0n) is 11.9. The molecule has 2 rings (SSSR count). The third-order valence-electron chi connectivity index (χ3n) is 3.09. The lowest BCUT2D eigenvalue weighted by Gasteiger charge is -2.19. The van der Waals surface area contributed by atoms with Crippen LogP contribution in [0.15, 0.2) is 30.7 Å². The van der Waals surface area contributed by atoms with Crippen molar-refractivity contribution in [1.82, 2.24) is 4.98 Å². The summed E-state index contributed by atoms with van der Waals surface area (Å²) in [5, 5.41) is 18.4. The van der Waals surface area contributed by atoms with Crippen molar-refractivity contribution in [2.24, 2.45) is 0 Å². The highest BCUT2D eigenvalue weighted by molar-refractivity contribution is 6.36. The first kappa shape index (κ1) is 17.2. The number of pyridine rings is 1. The zero-order valence-corrected chi connectivity index (χ0v) is 13.4. The summed E-state index contributed by atoms with van der Waals surface area (Å²) in [5.74, 6) is -0.853. The topological polar surface area (TPSA) is 88.6 Å². The maximum atomic E-state index is 13.6. The second-order valence-electron chi connectivity index (χ2n) is 4.64. The molecule has 0 bridgehead atoms. The molecule has 122 valence electrons. The molecule has 0 unspecified atom stereocenters. The fourth-order valence-corrected chi connectivity index (χ4v) is 2.61. The molecule has 1 heterocycles. The van der Waals surface area contributed by atoms with Gasteiger partial charge in [-0.3, -0.25) is 0 Å². The summed E-state index contributed by atoms with van der Waals surface area (Å²) in [5.41, 5.74) is 6.18. The van der Waals surface area contributed by atoms with Gasteiger partial charge in [0.2, 0.25) is 0 Å². The molecule has 8 heteroatoms. The van der Waals surface area contributed by atoms with E-state index in [9.17, 15) is 9.50 Å². The van der Waals surface area contributed by atoms with Crippen LogP contribution in [0, 0.1) is 5.82 Å². The Balaban J connectivity index is 2.38. The second kappa shape index (κ2) is 6.93. The highest BCUT2D eigenvalue weighted by Crippen LogP contribution is 2.36. The number of halogens is 3. The Bertz CT molecular complexity index is 769. The number of benzene rings is 1. The Morgan fingerprint density at radius 3 is 2.78 bits per heavy atom. The van der Waals surface area contributed by atoms with E-state index in [2.05, 4.69) is 4.98 Å². The van der Waals surface area contributed by atoms with Gasteiger partial charge in [0.05, 0.1) is 5.02 Å². The summed E-state index contributed by atoms with van der Waals surface area (Å²) in [6.07, 6.45) is 1.04. The summed E-state index contributed by atoms with van der Waals surface area (Å²) < 4.78 is 19.2. The van der Waals surface area contributed by atoms with Crippen LogP contribution in [0.3, 0.4) is 0 Å². The number of nitrogen functional groups attached to an aromatic ring is 1. The lowest BCUT2D eigenvalue weighted by Crippen LogP contribution is -2.08. The van der Waals surface area contributed by atoms with E-state index < -0.39 is 17.7 Å². The maximum absolute atomic E-state index is 13.6. The molecule has 0 aliphatic carbocycles. The zero-order chi connectivity index (χ0) is 17.1. The number of aliphatic hydroxyl groups is 2. The molecule has 0 aliphatic heterocycles. The van der Waals surface area contributed by atoms with Gasteiger partial charge in [-0.05, 0) is 25.1 Å². The second-order valence-corrected chi connectivity index (χ2v) is 5.42. The van der Waals surface area contributed by atoms with Crippen molar-refractivity contribution in [2.75, 3.05) is 5.73 Å². The van der Waals surface area contributed by atoms with Gasteiger partial charge >= 0.3 is 0 Å². The number of anilines is 1. The molecule has 0 saturated carbocycles. The van der Waals surface area contributed by atoms with Gasteiger partial charge in [0, 0.05) is 22.3 Å². The lowest BCUT2D eigenvalue weighted by atomic mass is 10.1. The van der Waals surface area contributed by atoms with Gasteiger partial charge < -0.3 is 20.7 Å². The molecule has 0 radical (unpaired) electrons. The Labute approximate surface area is 141 Å². The molecule has 0 fully saturated rings. The maximum Gasteiger partial charge on any atom is 0.166 e. The van der Waals surface area contributed by atoms with Crippen LogP contribution in [0.5, 0.6) is 5.75 Å². The minimum Gasteiger partial charge on any atom is -0.512 e. The molecule has 0 aliphatic rings. The molecule has 23 heavy (non-hydrogen) atoms. The standard InChI is InChI=1S/C15H13Cl2FN2O3/c1-7(13-9(16)2-3-10(18)14(13)17)23-12-4-8(11(22)6-21)5-20-15(12)19/h2-7,21-22H,1H3,(H2,19,20)/t7-/m0/s1. The molecule has 1 aromatic carbocycles.